The van der Waals surface area contributed by atoms with Crippen molar-refractivity contribution < 1.29 is 4.79 Å². The molecule has 2 aromatic heterocycles. The number of fused-ring (bicyclic) bond motifs is 3. The quantitative estimate of drug-likeness (QED) is 0.328. The van der Waals surface area contributed by atoms with Crippen LogP contribution in [0, 0.1) is 5.92 Å². The minimum Gasteiger partial charge on any atom is -0.398 e. The van der Waals surface area contributed by atoms with E-state index >= 15 is 0 Å². The third kappa shape index (κ3) is 5.04. The summed E-state index contributed by atoms with van der Waals surface area (Å²) in [6, 6.07) is 3.51. The first-order valence-corrected chi connectivity index (χ1v) is 12.7. The van der Waals surface area contributed by atoms with Crippen LogP contribution >= 0.6 is 34.9 Å². The van der Waals surface area contributed by atoms with E-state index in [9.17, 15) is 4.79 Å². The van der Waals surface area contributed by atoms with Crippen LogP contribution in [0.25, 0.3) is 10.2 Å². The molecule has 1 atom stereocenters. The van der Waals surface area contributed by atoms with Crippen molar-refractivity contribution in [2.45, 2.75) is 24.2 Å². The van der Waals surface area contributed by atoms with E-state index in [1.807, 2.05) is 32.1 Å². The zero-order valence-electron chi connectivity index (χ0n) is 18.9. The maximum Gasteiger partial charge on any atom is 0.225 e. The molecule has 4 rings (SSSR count). The van der Waals surface area contributed by atoms with Crippen LogP contribution in [0.5, 0.6) is 0 Å². The summed E-state index contributed by atoms with van der Waals surface area (Å²) in [5.41, 5.74) is 8.42. The van der Waals surface area contributed by atoms with Gasteiger partial charge in [0.25, 0.3) is 0 Å². The summed E-state index contributed by atoms with van der Waals surface area (Å²) < 4.78 is 0. The van der Waals surface area contributed by atoms with E-state index in [2.05, 4.69) is 20.2 Å². The SMILES string of the molecule is CN(C)CCN(C)C(=O)C1CCc2c(sc3ncnc(Nc4cc(SN)c(N)cc4Cl)c23)C1. The number of nitrogen functional groups attached to an aromatic ring is 1. The zero-order valence-corrected chi connectivity index (χ0v) is 21.3. The molecule has 176 valence electrons. The fraction of sp³-hybridized carbons (Fsp3) is 0.409. The van der Waals surface area contributed by atoms with Gasteiger partial charge in [0.15, 0.2) is 0 Å². The van der Waals surface area contributed by atoms with Gasteiger partial charge in [-0.25, -0.2) is 9.97 Å². The van der Waals surface area contributed by atoms with Crippen LogP contribution in [0.4, 0.5) is 17.2 Å². The average molecular weight is 506 g/mol. The van der Waals surface area contributed by atoms with E-state index in [0.717, 1.165) is 59.4 Å². The van der Waals surface area contributed by atoms with Gasteiger partial charge >= 0.3 is 0 Å². The molecule has 3 aromatic rings. The van der Waals surface area contributed by atoms with Crippen molar-refractivity contribution in [3.63, 3.8) is 0 Å². The largest absolute Gasteiger partial charge is 0.398 e. The van der Waals surface area contributed by atoms with E-state index in [0.29, 0.717) is 22.2 Å². The van der Waals surface area contributed by atoms with Gasteiger partial charge in [0.2, 0.25) is 5.91 Å². The van der Waals surface area contributed by atoms with Gasteiger partial charge in [0, 0.05) is 41.5 Å². The van der Waals surface area contributed by atoms with Gasteiger partial charge in [0.05, 0.1) is 16.1 Å². The second kappa shape index (κ2) is 10.0. The molecular formula is C22H28ClN7OS2. The Kier molecular flexibility index (Phi) is 7.30. The third-order valence-electron chi connectivity index (χ3n) is 5.93. The number of halogens is 1. The monoisotopic (exact) mass is 505 g/mol. The van der Waals surface area contributed by atoms with Gasteiger partial charge in [-0.15, -0.1) is 11.3 Å². The third-order valence-corrected chi connectivity index (χ3v) is 8.02. The molecule has 0 radical (unpaired) electrons. The Morgan fingerprint density at radius 1 is 1.30 bits per heavy atom. The number of rotatable bonds is 7. The zero-order chi connectivity index (χ0) is 23.7. The molecular weight excluding hydrogens is 478 g/mol. The number of anilines is 3. The van der Waals surface area contributed by atoms with Crippen LogP contribution in [-0.2, 0) is 17.6 Å². The number of amides is 1. The number of hydrogen-bond acceptors (Lipinski definition) is 9. The molecule has 0 saturated carbocycles. The number of nitrogens with zero attached hydrogens (tertiary/aromatic N) is 4. The number of thiophene rings is 1. The smallest absolute Gasteiger partial charge is 0.225 e. The fourth-order valence-electron chi connectivity index (χ4n) is 4.08. The molecule has 33 heavy (non-hydrogen) atoms. The summed E-state index contributed by atoms with van der Waals surface area (Å²) in [5.74, 6) is 0.910. The molecule has 0 fully saturated rings. The van der Waals surface area contributed by atoms with Crippen LogP contribution in [0.1, 0.15) is 16.9 Å². The van der Waals surface area contributed by atoms with Gasteiger partial charge in [-0.1, -0.05) is 11.6 Å². The summed E-state index contributed by atoms with van der Waals surface area (Å²) in [4.78, 5) is 28.8. The van der Waals surface area contributed by atoms with Gasteiger partial charge in [0.1, 0.15) is 17.0 Å². The van der Waals surface area contributed by atoms with Gasteiger partial charge < -0.3 is 20.9 Å². The van der Waals surface area contributed by atoms with E-state index in [1.54, 1.807) is 23.7 Å². The number of benzene rings is 1. The maximum absolute atomic E-state index is 13.0. The molecule has 1 aromatic carbocycles. The molecule has 5 N–H and O–H groups in total. The summed E-state index contributed by atoms with van der Waals surface area (Å²) in [7, 11) is 5.93. The summed E-state index contributed by atoms with van der Waals surface area (Å²) >= 11 is 9.14. The highest BCUT2D eigenvalue weighted by atomic mass is 35.5. The number of aromatic nitrogens is 2. The topological polar surface area (TPSA) is 113 Å². The lowest BCUT2D eigenvalue weighted by atomic mass is 9.87. The highest BCUT2D eigenvalue weighted by molar-refractivity contribution is 7.97. The van der Waals surface area contributed by atoms with Crippen LogP contribution in [0.2, 0.25) is 5.02 Å². The number of aryl methyl sites for hydroxylation is 1. The average Bonchev–Trinajstić information content (AvgIpc) is 3.17. The Bertz CT molecular complexity index is 1180. The van der Waals surface area contributed by atoms with Gasteiger partial charge in [-0.05, 0) is 63.0 Å². The molecule has 2 heterocycles. The first-order chi connectivity index (χ1) is 15.8. The number of carbonyl (C=O) groups is 1. The molecule has 1 aliphatic rings. The summed E-state index contributed by atoms with van der Waals surface area (Å²) in [6.07, 6.45) is 3.91. The minimum atomic E-state index is -0.00206. The number of hydrogen-bond donors (Lipinski definition) is 3. The van der Waals surface area contributed by atoms with Crippen molar-refractivity contribution in [2.75, 3.05) is 45.3 Å². The molecule has 0 spiro atoms. The molecule has 1 aliphatic carbocycles. The van der Waals surface area contributed by atoms with Gasteiger partial charge in [-0.3, -0.25) is 9.93 Å². The Hall–Kier alpha value is -2.11. The molecule has 11 heteroatoms. The number of nitrogens with two attached hydrogens (primary N) is 2. The number of likely N-dealkylation sites (N-methyl/N-ethyl adjacent to an activating group) is 2. The predicted octanol–water partition coefficient (Wildman–Crippen LogP) is 3.76. The number of carbonyl (C=O) groups excluding carboxylic acids is 1. The van der Waals surface area contributed by atoms with E-state index in [-0.39, 0.29) is 11.8 Å². The van der Waals surface area contributed by atoms with Crippen molar-refractivity contribution >= 4 is 68.2 Å². The Balaban J connectivity index is 1.60. The molecule has 1 unspecified atom stereocenters. The van der Waals surface area contributed by atoms with Crippen molar-refractivity contribution in [3.8, 4) is 0 Å². The van der Waals surface area contributed by atoms with E-state index in [1.165, 1.54) is 10.4 Å². The second-order valence-corrected chi connectivity index (χ2v) is 10.7. The second-order valence-electron chi connectivity index (χ2n) is 8.52. The number of nitrogens with one attached hydrogen (secondary N) is 1. The van der Waals surface area contributed by atoms with Crippen molar-refractivity contribution in [1.29, 1.82) is 0 Å². The van der Waals surface area contributed by atoms with Gasteiger partial charge in [-0.2, -0.15) is 0 Å². The summed E-state index contributed by atoms with van der Waals surface area (Å²) in [5, 5.41) is 10.6. The van der Waals surface area contributed by atoms with Crippen molar-refractivity contribution in [2.24, 2.45) is 11.1 Å². The minimum absolute atomic E-state index is 0.00206. The van der Waals surface area contributed by atoms with E-state index < -0.39 is 0 Å². The highest BCUT2D eigenvalue weighted by Gasteiger charge is 2.30. The standard InChI is InChI=1S/C22H28ClN7OS2/c1-29(2)6-7-30(3)22(31)12-4-5-13-17(8-12)32-21-19(13)20(26-11-27-21)28-16-10-18(33-25)15(24)9-14(16)23/h9-12H,4-8,24-25H2,1-3H3,(H,26,27,28). The normalized spacial score (nSPS) is 15.6. The predicted molar refractivity (Wildman–Crippen MR) is 138 cm³/mol. The first kappa shape index (κ1) is 24.0. The Labute approximate surface area is 206 Å². The van der Waals surface area contributed by atoms with Crippen LogP contribution in [0.15, 0.2) is 23.4 Å². The van der Waals surface area contributed by atoms with Crippen LogP contribution in [-0.4, -0.2) is 59.9 Å². The van der Waals surface area contributed by atoms with Crippen molar-refractivity contribution in [3.05, 3.63) is 33.9 Å². The molecule has 0 bridgehead atoms. The van der Waals surface area contributed by atoms with E-state index in [4.69, 9.17) is 22.5 Å². The molecule has 0 aliphatic heterocycles. The van der Waals surface area contributed by atoms with Crippen LogP contribution < -0.4 is 16.2 Å². The lowest BCUT2D eigenvalue weighted by molar-refractivity contribution is -0.134. The molecule has 8 nitrogen and oxygen atoms in total. The lowest BCUT2D eigenvalue weighted by Crippen LogP contribution is -2.39. The highest BCUT2D eigenvalue weighted by Crippen LogP contribution is 2.42. The Morgan fingerprint density at radius 3 is 2.82 bits per heavy atom. The summed E-state index contributed by atoms with van der Waals surface area (Å²) in [6.45, 7) is 1.58. The van der Waals surface area contributed by atoms with Crippen molar-refractivity contribution in [1.82, 2.24) is 19.8 Å². The maximum atomic E-state index is 13.0. The molecule has 1 amide bonds. The fourth-order valence-corrected chi connectivity index (χ4v) is 5.95. The first-order valence-electron chi connectivity index (χ1n) is 10.7. The Morgan fingerprint density at radius 2 is 2.09 bits per heavy atom. The lowest BCUT2D eigenvalue weighted by Gasteiger charge is -2.27. The van der Waals surface area contributed by atoms with Crippen LogP contribution in [0.3, 0.4) is 0 Å². The molecule has 0 saturated heterocycles.